The largest absolute Gasteiger partial charge is 0.544 e. The summed E-state index contributed by atoms with van der Waals surface area (Å²) in [5, 5.41) is 11.7. The van der Waals surface area contributed by atoms with Crippen LogP contribution in [0, 0.1) is 0 Å². The average Bonchev–Trinajstić information content (AvgIpc) is 3.26. The number of hydrogen-bond donors (Lipinski definition) is 0. The number of esters is 2. The van der Waals surface area contributed by atoms with Crippen molar-refractivity contribution in [3.63, 3.8) is 0 Å². The van der Waals surface area contributed by atoms with Crippen molar-refractivity contribution < 1.29 is 38.2 Å². The van der Waals surface area contributed by atoms with E-state index in [4.69, 9.17) is 14.2 Å². The molecule has 8 heteroatoms. The van der Waals surface area contributed by atoms with E-state index in [0.29, 0.717) is 12.8 Å². The van der Waals surface area contributed by atoms with Crippen LogP contribution in [-0.2, 0) is 28.6 Å². The molecule has 0 bridgehead atoms. The summed E-state index contributed by atoms with van der Waals surface area (Å²) in [4.78, 5) is 37.1. The standard InChI is InChI=1S/C56H107NO7/c1-6-8-10-12-14-16-18-20-22-24-26-28-30-32-34-36-38-40-42-44-46-54(58)63-51-52(50-62-49-48-53(56(60)61)57(3,4)5)64-55(59)47-45-43-41-39-37-35-33-31-29-27-25-23-21-19-17-15-13-11-9-7-2/h27,29,52-53H,6-26,28,30-51H2,1-5H3/b29-27+. The van der Waals surface area contributed by atoms with Crippen molar-refractivity contribution in [2.45, 2.75) is 289 Å². The van der Waals surface area contributed by atoms with Crippen LogP contribution < -0.4 is 5.11 Å². The molecular formula is C56H107NO7. The topological polar surface area (TPSA) is 102 Å². The number of aliphatic carboxylic acids is 1. The number of unbranched alkanes of at least 4 members (excludes halogenated alkanes) is 35. The van der Waals surface area contributed by atoms with E-state index in [-0.39, 0.29) is 42.7 Å². The highest BCUT2D eigenvalue weighted by Crippen LogP contribution is 2.17. The highest BCUT2D eigenvalue weighted by Gasteiger charge is 2.25. The van der Waals surface area contributed by atoms with Gasteiger partial charge in [-0.3, -0.25) is 9.59 Å². The van der Waals surface area contributed by atoms with Crippen LogP contribution in [0.1, 0.15) is 277 Å². The van der Waals surface area contributed by atoms with Crippen molar-refractivity contribution in [1.29, 1.82) is 0 Å². The number of rotatable bonds is 51. The molecule has 0 aliphatic carbocycles. The molecule has 0 rings (SSSR count). The lowest BCUT2D eigenvalue weighted by atomic mass is 10.0. The minimum absolute atomic E-state index is 0.0453. The molecule has 0 amide bonds. The normalized spacial score (nSPS) is 12.8. The predicted octanol–water partition coefficient (Wildman–Crippen LogP) is 14.9. The van der Waals surface area contributed by atoms with Crippen LogP contribution in [0.25, 0.3) is 0 Å². The fraction of sp³-hybridized carbons (Fsp3) is 0.911. The molecule has 0 heterocycles. The van der Waals surface area contributed by atoms with E-state index in [2.05, 4.69) is 26.0 Å². The van der Waals surface area contributed by atoms with Gasteiger partial charge in [0.05, 0.1) is 40.3 Å². The van der Waals surface area contributed by atoms with E-state index >= 15 is 0 Å². The Labute approximate surface area is 397 Å². The summed E-state index contributed by atoms with van der Waals surface area (Å²) >= 11 is 0. The second kappa shape index (κ2) is 47.6. The highest BCUT2D eigenvalue weighted by atomic mass is 16.6. The van der Waals surface area contributed by atoms with E-state index in [0.717, 1.165) is 38.5 Å². The third kappa shape index (κ3) is 45.2. The van der Waals surface area contributed by atoms with Gasteiger partial charge in [0, 0.05) is 19.3 Å². The van der Waals surface area contributed by atoms with Gasteiger partial charge in [-0.1, -0.05) is 231 Å². The Morgan fingerprint density at radius 1 is 0.453 bits per heavy atom. The lowest BCUT2D eigenvalue weighted by Crippen LogP contribution is -2.55. The predicted molar refractivity (Wildman–Crippen MR) is 268 cm³/mol. The molecule has 0 aromatic rings. The SMILES string of the molecule is CCCCCCCCCCC/C=C/CCCCCCCCCC(=O)OC(COCCC(C(=O)[O-])[N+](C)(C)C)COC(=O)CCCCCCCCCCCCCCCCCCCCCC. The molecule has 8 nitrogen and oxygen atoms in total. The number of carboxylic acids is 1. The van der Waals surface area contributed by atoms with E-state index in [1.54, 1.807) is 0 Å². The first-order chi connectivity index (χ1) is 31.1. The van der Waals surface area contributed by atoms with Gasteiger partial charge < -0.3 is 28.6 Å². The Balaban J connectivity index is 4.17. The molecule has 0 saturated carbocycles. The van der Waals surface area contributed by atoms with Gasteiger partial charge in [0.2, 0.25) is 0 Å². The van der Waals surface area contributed by atoms with Crippen LogP contribution in [0.5, 0.6) is 0 Å². The maximum absolute atomic E-state index is 12.8. The molecule has 0 N–H and O–H groups in total. The number of likely N-dealkylation sites (N-methyl/N-ethyl adjacent to an activating group) is 1. The molecule has 64 heavy (non-hydrogen) atoms. The van der Waals surface area contributed by atoms with Gasteiger partial charge >= 0.3 is 11.9 Å². The zero-order chi connectivity index (χ0) is 47.0. The summed E-state index contributed by atoms with van der Waals surface area (Å²) in [6.07, 6.45) is 53.9. The summed E-state index contributed by atoms with van der Waals surface area (Å²) in [6, 6.07) is -0.723. The molecule has 0 aromatic carbocycles. The van der Waals surface area contributed by atoms with Crippen LogP contribution in [0.3, 0.4) is 0 Å². The zero-order valence-electron chi connectivity index (χ0n) is 43.2. The molecule has 0 aromatic heterocycles. The summed E-state index contributed by atoms with van der Waals surface area (Å²) in [6.45, 7) is 4.72. The second-order valence-electron chi connectivity index (χ2n) is 20.2. The Kier molecular flexibility index (Phi) is 46.1. The van der Waals surface area contributed by atoms with Gasteiger partial charge in [-0.25, -0.2) is 0 Å². The van der Waals surface area contributed by atoms with E-state index in [1.165, 1.54) is 205 Å². The Morgan fingerprint density at radius 3 is 1.12 bits per heavy atom. The Hall–Kier alpha value is -1.93. The van der Waals surface area contributed by atoms with E-state index in [9.17, 15) is 19.5 Å². The lowest BCUT2D eigenvalue weighted by Gasteiger charge is -2.34. The first kappa shape index (κ1) is 62.1. The van der Waals surface area contributed by atoms with Crippen LogP contribution in [0.4, 0.5) is 0 Å². The fourth-order valence-electron chi connectivity index (χ4n) is 8.60. The van der Waals surface area contributed by atoms with Crippen molar-refractivity contribution in [1.82, 2.24) is 0 Å². The molecule has 0 aliphatic rings. The van der Waals surface area contributed by atoms with Gasteiger partial charge in [0.15, 0.2) is 6.10 Å². The average molecular weight is 906 g/mol. The van der Waals surface area contributed by atoms with Gasteiger partial charge in [0.25, 0.3) is 0 Å². The van der Waals surface area contributed by atoms with E-state index in [1.807, 2.05) is 21.1 Å². The number of carboxylic acid groups (broad SMARTS) is 1. The Bertz CT molecular complexity index is 1060. The van der Waals surface area contributed by atoms with Crippen molar-refractivity contribution in [3.05, 3.63) is 12.2 Å². The number of ether oxygens (including phenoxy) is 3. The molecule has 0 spiro atoms. The van der Waals surface area contributed by atoms with Crippen molar-refractivity contribution in [2.24, 2.45) is 0 Å². The molecule has 2 unspecified atom stereocenters. The summed E-state index contributed by atoms with van der Waals surface area (Å²) < 4.78 is 17.3. The highest BCUT2D eigenvalue weighted by molar-refractivity contribution is 5.70. The number of allylic oxidation sites excluding steroid dienone is 2. The van der Waals surface area contributed by atoms with Crippen LogP contribution in [0.2, 0.25) is 0 Å². The first-order valence-electron chi connectivity index (χ1n) is 27.7. The lowest BCUT2D eigenvalue weighted by molar-refractivity contribution is -0.889. The van der Waals surface area contributed by atoms with Gasteiger partial charge in [-0.2, -0.15) is 0 Å². The molecule has 0 saturated heterocycles. The molecule has 2 atom stereocenters. The molecule has 0 radical (unpaired) electrons. The van der Waals surface area contributed by atoms with Gasteiger partial charge in [-0.15, -0.1) is 0 Å². The first-order valence-corrected chi connectivity index (χ1v) is 27.7. The number of carbonyl (C=O) groups is 3. The smallest absolute Gasteiger partial charge is 0.306 e. The zero-order valence-corrected chi connectivity index (χ0v) is 43.2. The molecule has 0 fully saturated rings. The van der Waals surface area contributed by atoms with Crippen LogP contribution in [-0.4, -0.2) is 75.5 Å². The fourth-order valence-corrected chi connectivity index (χ4v) is 8.60. The number of quaternary nitrogens is 1. The summed E-state index contributed by atoms with van der Waals surface area (Å²) in [5.74, 6) is -1.72. The van der Waals surface area contributed by atoms with Gasteiger partial charge in [0.1, 0.15) is 12.6 Å². The third-order valence-electron chi connectivity index (χ3n) is 12.9. The third-order valence-corrected chi connectivity index (χ3v) is 12.9. The molecule has 0 aliphatic heterocycles. The minimum atomic E-state index is -1.12. The monoisotopic (exact) mass is 906 g/mol. The maximum Gasteiger partial charge on any atom is 0.306 e. The van der Waals surface area contributed by atoms with Crippen LogP contribution in [0.15, 0.2) is 12.2 Å². The number of nitrogens with zero attached hydrogens (tertiary/aromatic N) is 1. The van der Waals surface area contributed by atoms with Crippen molar-refractivity contribution in [3.8, 4) is 0 Å². The summed E-state index contributed by atoms with van der Waals surface area (Å²) in [5.41, 5.74) is 0. The maximum atomic E-state index is 12.8. The Morgan fingerprint density at radius 2 is 0.781 bits per heavy atom. The number of hydrogen-bond acceptors (Lipinski definition) is 7. The van der Waals surface area contributed by atoms with Crippen LogP contribution >= 0.6 is 0 Å². The quantitative estimate of drug-likeness (QED) is 0.0259. The second-order valence-corrected chi connectivity index (χ2v) is 20.2. The van der Waals surface area contributed by atoms with Crippen molar-refractivity contribution in [2.75, 3.05) is 41.0 Å². The molecule has 378 valence electrons. The summed E-state index contributed by atoms with van der Waals surface area (Å²) in [7, 11) is 5.43. The number of carbonyl (C=O) groups excluding carboxylic acids is 3. The van der Waals surface area contributed by atoms with E-state index < -0.39 is 18.1 Å². The molecular weight excluding hydrogens is 799 g/mol. The van der Waals surface area contributed by atoms with Gasteiger partial charge in [-0.05, 0) is 38.5 Å². The minimum Gasteiger partial charge on any atom is -0.544 e. The van der Waals surface area contributed by atoms with Crippen molar-refractivity contribution >= 4 is 17.9 Å².